The Morgan fingerprint density at radius 1 is 0.892 bits per heavy atom. The molecule has 192 valence electrons. The molecule has 37 heavy (non-hydrogen) atoms. The van der Waals surface area contributed by atoms with E-state index in [0.717, 1.165) is 41.6 Å². The molecule has 2 saturated heterocycles. The van der Waals surface area contributed by atoms with Crippen molar-refractivity contribution in [2.24, 2.45) is 17.8 Å². The van der Waals surface area contributed by atoms with Gasteiger partial charge in [0.15, 0.2) is 0 Å². The average molecular weight is 499 g/mol. The van der Waals surface area contributed by atoms with Gasteiger partial charge in [-0.05, 0) is 87.3 Å². The maximum Gasteiger partial charge on any atom is 0.355 e. The van der Waals surface area contributed by atoms with Crippen molar-refractivity contribution in [2.45, 2.75) is 87.9 Å². The third-order valence-corrected chi connectivity index (χ3v) is 10.7. The topological polar surface area (TPSA) is 99.0 Å². The van der Waals surface area contributed by atoms with Crippen molar-refractivity contribution in [2.75, 3.05) is 5.73 Å². The largest absolute Gasteiger partial charge is 0.383 e. The van der Waals surface area contributed by atoms with Crippen molar-refractivity contribution < 1.29 is 0 Å². The van der Waals surface area contributed by atoms with Crippen LogP contribution in [0, 0.1) is 17.8 Å². The van der Waals surface area contributed by atoms with Crippen LogP contribution in [0.2, 0.25) is 0 Å². The van der Waals surface area contributed by atoms with Gasteiger partial charge in [-0.3, -0.25) is 9.69 Å². The summed E-state index contributed by atoms with van der Waals surface area (Å²) < 4.78 is 3.20. The van der Waals surface area contributed by atoms with Crippen molar-refractivity contribution in [3.63, 3.8) is 0 Å². The zero-order valence-corrected chi connectivity index (χ0v) is 21.1. The van der Waals surface area contributed by atoms with Crippen LogP contribution in [-0.4, -0.2) is 41.6 Å². The van der Waals surface area contributed by atoms with Gasteiger partial charge in [0.05, 0.1) is 11.0 Å². The van der Waals surface area contributed by atoms with Gasteiger partial charge in [-0.1, -0.05) is 25.0 Å². The number of piperidine rings is 2. The van der Waals surface area contributed by atoms with E-state index in [4.69, 9.17) is 5.73 Å². The molecule has 0 spiro atoms. The molecule has 6 atom stereocenters. The van der Waals surface area contributed by atoms with Crippen molar-refractivity contribution in [3.8, 4) is 5.82 Å². The zero-order chi connectivity index (χ0) is 24.9. The molecular weight excluding hydrogens is 464 g/mol. The third kappa shape index (κ3) is 3.05. The summed E-state index contributed by atoms with van der Waals surface area (Å²) in [6.45, 7) is 0. The number of nitrogens with zero attached hydrogens (tertiary/aromatic N) is 5. The van der Waals surface area contributed by atoms with Crippen LogP contribution in [0.3, 0.4) is 0 Å². The summed E-state index contributed by atoms with van der Waals surface area (Å²) in [7, 11) is 0. The highest BCUT2D eigenvalue weighted by molar-refractivity contribution is 5.75. The fraction of sp³-hybridized carbons (Fsp3) is 0.586. The zero-order valence-electron chi connectivity index (χ0n) is 21.1. The Hall–Kier alpha value is -3.00. The summed E-state index contributed by atoms with van der Waals surface area (Å²) in [6.07, 6.45) is 14.4. The average Bonchev–Trinajstić information content (AvgIpc) is 2.88. The second-order valence-corrected chi connectivity index (χ2v) is 12.4. The number of nitrogen functional groups attached to an aromatic ring is 1. The molecular formula is C29H34N6O2. The van der Waals surface area contributed by atoms with E-state index in [0.29, 0.717) is 17.6 Å². The van der Waals surface area contributed by atoms with Gasteiger partial charge in [-0.25, -0.2) is 14.3 Å². The number of hydrogen-bond acceptors (Lipinski definition) is 6. The lowest BCUT2D eigenvalue weighted by Gasteiger charge is -2.73. The molecule has 6 fully saturated rings. The number of anilines is 1. The molecule has 1 aromatic carbocycles. The van der Waals surface area contributed by atoms with E-state index in [-0.39, 0.29) is 23.2 Å². The van der Waals surface area contributed by atoms with Gasteiger partial charge in [0.1, 0.15) is 5.82 Å². The lowest BCUT2D eigenvalue weighted by atomic mass is 9.42. The first kappa shape index (κ1) is 22.0. The first-order valence-corrected chi connectivity index (χ1v) is 14.2. The number of benzene rings is 1. The number of fused-ring (bicyclic) bond motifs is 4. The molecule has 2 N–H and O–H groups in total. The van der Waals surface area contributed by atoms with E-state index in [9.17, 15) is 9.59 Å². The number of rotatable bonds is 3. The Labute approximate surface area is 215 Å². The normalized spacial score (nSPS) is 36.4. The summed E-state index contributed by atoms with van der Waals surface area (Å²) >= 11 is 0. The SMILES string of the molecule is Nc1ccn(-c2nc3ccccc3n(C3CC4CCCC(C3)N4C34CC5CCC3C(C5)C4)c2=O)c(=O)n1. The Balaban J connectivity index is 1.22. The number of nitrogens with two attached hydrogens (primary N) is 1. The molecule has 9 rings (SSSR count). The molecule has 4 heterocycles. The molecule has 8 nitrogen and oxygen atoms in total. The third-order valence-electron chi connectivity index (χ3n) is 10.7. The monoisotopic (exact) mass is 498 g/mol. The molecule has 6 aliphatic rings. The predicted molar refractivity (Wildman–Crippen MR) is 142 cm³/mol. The van der Waals surface area contributed by atoms with Crippen LogP contribution in [0.15, 0.2) is 46.1 Å². The molecule has 6 bridgehead atoms. The van der Waals surface area contributed by atoms with Crippen LogP contribution in [0.25, 0.3) is 16.9 Å². The van der Waals surface area contributed by atoms with E-state index in [1.165, 1.54) is 68.2 Å². The van der Waals surface area contributed by atoms with Crippen molar-refractivity contribution in [1.29, 1.82) is 0 Å². The van der Waals surface area contributed by atoms with Crippen molar-refractivity contribution in [1.82, 2.24) is 24.0 Å². The highest BCUT2D eigenvalue weighted by atomic mass is 16.2. The fourth-order valence-corrected chi connectivity index (χ4v) is 9.59. The molecule has 8 heteroatoms. The molecule has 6 unspecified atom stereocenters. The Kier molecular flexibility index (Phi) is 4.62. The van der Waals surface area contributed by atoms with Crippen molar-refractivity contribution >= 4 is 16.9 Å². The van der Waals surface area contributed by atoms with Gasteiger partial charge in [-0.15, -0.1) is 0 Å². The smallest absolute Gasteiger partial charge is 0.355 e. The molecule has 2 aliphatic heterocycles. The minimum absolute atomic E-state index is 0.0937. The van der Waals surface area contributed by atoms with Gasteiger partial charge >= 0.3 is 5.69 Å². The van der Waals surface area contributed by atoms with E-state index >= 15 is 0 Å². The van der Waals surface area contributed by atoms with E-state index in [2.05, 4.69) is 14.9 Å². The molecule has 0 radical (unpaired) electrons. The summed E-state index contributed by atoms with van der Waals surface area (Å²) in [4.78, 5) is 38.2. The fourth-order valence-electron chi connectivity index (χ4n) is 9.59. The Morgan fingerprint density at radius 2 is 1.70 bits per heavy atom. The molecule has 4 aliphatic carbocycles. The summed E-state index contributed by atoms with van der Waals surface area (Å²) in [5.41, 5.74) is 6.92. The van der Waals surface area contributed by atoms with Crippen LogP contribution < -0.4 is 17.0 Å². The molecule has 3 aromatic rings. The summed E-state index contributed by atoms with van der Waals surface area (Å²) in [5, 5.41) is 0. The van der Waals surface area contributed by atoms with E-state index < -0.39 is 5.69 Å². The van der Waals surface area contributed by atoms with E-state index in [1.54, 1.807) is 0 Å². The second kappa shape index (κ2) is 7.76. The minimum Gasteiger partial charge on any atom is -0.383 e. The van der Waals surface area contributed by atoms with Crippen LogP contribution in [0.5, 0.6) is 0 Å². The highest BCUT2D eigenvalue weighted by Crippen LogP contribution is 2.67. The van der Waals surface area contributed by atoms with Crippen LogP contribution in [0.1, 0.15) is 70.3 Å². The number of aromatic nitrogens is 4. The number of hydrogen-bond donors (Lipinski definition) is 1. The summed E-state index contributed by atoms with van der Waals surface area (Å²) in [6, 6.07) is 10.5. The molecule has 2 aromatic heterocycles. The van der Waals surface area contributed by atoms with Gasteiger partial charge in [-0.2, -0.15) is 4.98 Å². The first-order chi connectivity index (χ1) is 18.0. The maximum atomic E-state index is 14.1. The Bertz CT molecular complexity index is 1510. The lowest BCUT2D eigenvalue weighted by Crippen LogP contribution is -2.75. The van der Waals surface area contributed by atoms with Gasteiger partial charge in [0.25, 0.3) is 5.56 Å². The van der Waals surface area contributed by atoms with Gasteiger partial charge < -0.3 is 10.3 Å². The van der Waals surface area contributed by atoms with E-state index in [1.807, 2.05) is 28.8 Å². The number of para-hydroxylation sites is 2. The van der Waals surface area contributed by atoms with Crippen LogP contribution in [0.4, 0.5) is 5.82 Å². The quantitative estimate of drug-likeness (QED) is 0.592. The molecule has 0 amide bonds. The second-order valence-electron chi connectivity index (χ2n) is 12.4. The highest BCUT2D eigenvalue weighted by Gasteiger charge is 2.65. The maximum absolute atomic E-state index is 14.1. The first-order valence-electron chi connectivity index (χ1n) is 14.2. The minimum atomic E-state index is -0.580. The predicted octanol–water partition coefficient (Wildman–Crippen LogP) is 3.66. The summed E-state index contributed by atoms with van der Waals surface area (Å²) in [5.74, 6) is 3.04. The van der Waals surface area contributed by atoms with Crippen LogP contribution in [-0.2, 0) is 0 Å². The van der Waals surface area contributed by atoms with Gasteiger partial charge in [0, 0.05) is 29.9 Å². The Morgan fingerprint density at radius 3 is 2.43 bits per heavy atom. The molecule has 4 saturated carbocycles. The van der Waals surface area contributed by atoms with Crippen molar-refractivity contribution in [3.05, 3.63) is 57.4 Å². The standard InChI is InChI=1S/C29H34N6O2/c30-25-10-11-33(28(37)32-25)26-27(36)34(24-7-2-1-6-23(24)31-26)21-13-19-4-3-5-20(14-21)35(19)29-15-17-8-9-22(29)18(12-17)16-29/h1-2,6-7,10-11,17-22H,3-5,8-9,12-16H2,(H2,30,32,37). The van der Waals surface area contributed by atoms with Gasteiger partial charge in [0.2, 0.25) is 5.82 Å². The lowest BCUT2D eigenvalue weighted by molar-refractivity contribution is -0.221. The van der Waals surface area contributed by atoms with Crippen LogP contribution >= 0.6 is 0 Å².